The van der Waals surface area contributed by atoms with Gasteiger partial charge in [0, 0.05) is 25.6 Å². The minimum absolute atomic E-state index is 0.288. The van der Waals surface area contributed by atoms with Crippen LogP contribution >= 0.6 is 0 Å². The Morgan fingerprint density at radius 1 is 1.10 bits per heavy atom. The summed E-state index contributed by atoms with van der Waals surface area (Å²) in [5.74, 6) is 3.06. The fourth-order valence-corrected chi connectivity index (χ4v) is 1.94. The lowest BCUT2D eigenvalue weighted by Gasteiger charge is -2.11. The molecule has 1 aromatic carbocycles. The number of rotatable bonds is 6. The average Bonchev–Trinajstić information content (AvgIpc) is 2.49. The topological polar surface area (TPSA) is 70.1 Å². The molecule has 0 radical (unpaired) electrons. The van der Waals surface area contributed by atoms with Gasteiger partial charge in [-0.15, -0.1) is 0 Å². The van der Waals surface area contributed by atoms with Crippen molar-refractivity contribution in [3.05, 3.63) is 41.7 Å². The average molecular weight is 286 g/mol. The van der Waals surface area contributed by atoms with E-state index in [-0.39, 0.29) is 5.92 Å². The Hall–Kier alpha value is -2.30. The predicted octanol–water partition coefficient (Wildman–Crippen LogP) is 3.00. The predicted molar refractivity (Wildman–Crippen MR) is 86.0 cm³/mol. The maximum atomic E-state index is 9.26. The van der Waals surface area contributed by atoms with Crippen molar-refractivity contribution in [3.8, 4) is 5.75 Å². The summed E-state index contributed by atoms with van der Waals surface area (Å²) in [7, 11) is 1.85. The molecule has 0 aliphatic carbocycles. The number of anilines is 2. The van der Waals surface area contributed by atoms with Crippen molar-refractivity contribution in [1.82, 2.24) is 9.97 Å². The molecule has 0 aliphatic rings. The van der Waals surface area contributed by atoms with Gasteiger partial charge in [-0.25, -0.2) is 9.97 Å². The first kappa shape index (κ1) is 15.1. The molecule has 0 bridgehead atoms. The zero-order chi connectivity index (χ0) is 15.2. The maximum absolute atomic E-state index is 9.26. The van der Waals surface area contributed by atoms with Crippen LogP contribution in [0.4, 0.5) is 11.6 Å². The molecule has 0 aliphatic heterocycles. The quantitative estimate of drug-likeness (QED) is 0.761. The van der Waals surface area contributed by atoms with E-state index in [2.05, 4.69) is 34.4 Å². The summed E-state index contributed by atoms with van der Waals surface area (Å²) in [6.45, 7) is 4.94. The highest BCUT2D eigenvalue weighted by Crippen LogP contribution is 2.17. The molecule has 0 spiro atoms. The molecule has 3 N–H and O–H groups in total. The standard InChI is InChI=1S/C16H22N4O/c1-11(2)16-19-14(17-3)10-15(20-16)18-9-8-12-4-6-13(21)7-5-12/h4-7,10-11,21H,8-9H2,1-3H3,(H2,17,18,19,20). The molecule has 0 unspecified atom stereocenters. The van der Waals surface area contributed by atoms with Crippen LogP contribution in [0, 0.1) is 0 Å². The van der Waals surface area contributed by atoms with E-state index in [1.807, 2.05) is 25.2 Å². The molecule has 0 fully saturated rings. The minimum atomic E-state index is 0.288. The number of aromatic hydroxyl groups is 1. The molecular formula is C16H22N4O. The van der Waals surface area contributed by atoms with Crippen molar-refractivity contribution in [2.24, 2.45) is 0 Å². The molecule has 1 heterocycles. The molecule has 0 saturated heterocycles. The molecular weight excluding hydrogens is 264 g/mol. The molecule has 2 rings (SSSR count). The fourth-order valence-electron chi connectivity index (χ4n) is 1.94. The van der Waals surface area contributed by atoms with E-state index in [0.717, 1.165) is 30.4 Å². The normalized spacial score (nSPS) is 10.7. The van der Waals surface area contributed by atoms with E-state index in [9.17, 15) is 5.11 Å². The van der Waals surface area contributed by atoms with Gasteiger partial charge in [-0.05, 0) is 24.1 Å². The molecule has 1 aromatic heterocycles. The number of aromatic nitrogens is 2. The highest BCUT2D eigenvalue weighted by atomic mass is 16.3. The molecule has 0 saturated carbocycles. The van der Waals surface area contributed by atoms with Gasteiger partial charge in [0.15, 0.2) is 0 Å². The Morgan fingerprint density at radius 2 is 1.76 bits per heavy atom. The summed E-state index contributed by atoms with van der Waals surface area (Å²) in [6, 6.07) is 9.17. The first-order valence-electron chi connectivity index (χ1n) is 7.17. The minimum Gasteiger partial charge on any atom is -0.508 e. The van der Waals surface area contributed by atoms with Crippen LogP contribution in [-0.4, -0.2) is 28.7 Å². The monoisotopic (exact) mass is 286 g/mol. The van der Waals surface area contributed by atoms with Gasteiger partial charge < -0.3 is 15.7 Å². The molecule has 5 nitrogen and oxygen atoms in total. The zero-order valence-corrected chi connectivity index (χ0v) is 12.7. The number of nitrogens with zero attached hydrogens (tertiary/aromatic N) is 2. The number of phenolic OH excluding ortho intramolecular Hbond substituents is 1. The number of hydrogen-bond donors (Lipinski definition) is 3. The van der Waals surface area contributed by atoms with Gasteiger partial charge in [0.2, 0.25) is 0 Å². The number of nitrogens with one attached hydrogen (secondary N) is 2. The van der Waals surface area contributed by atoms with Crippen LogP contribution in [0.25, 0.3) is 0 Å². The first-order chi connectivity index (χ1) is 10.1. The highest BCUT2D eigenvalue weighted by Gasteiger charge is 2.07. The SMILES string of the molecule is CNc1cc(NCCc2ccc(O)cc2)nc(C(C)C)n1. The van der Waals surface area contributed by atoms with Crippen LogP contribution in [0.5, 0.6) is 5.75 Å². The molecule has 2 aromatic rings. The van der Waals surface area contributed by atoms with Gasteiger partial charge in [-0.3, -0.25) is 0 Å². The third kappa shape index (κ3) is 4.34. The second-order valence-electron chi connectivity index (χ2n) is 5.24. The van der Waals surface area contributed by atoms with Crippen LogP contribution in [-0.2, 0) is 6.42 Å². The van der Waals surface area contributed by atoms with Crippen LogP contribution in [0.15, 0.2) is 30.3 Å². The van der Waals surface area contributed by atoms with E-state index in [0.29, 0.717) is 5.75 Å². The van der Waals surface area contributed by atoms with Crippen molar-refractivity contribution in [1.29, 1.82) is 0 Å². The van der Waals surface area contributed by atoms with Crippen molar-refractivity contribution >= 4 is 11.6 Å². The Morgan fingerprint density at radius 3 is 2.38 bits per heavy atom. The van der Waals surface area contributed by atoms with Crippen LogP contribution in [0.2, 0.25) is 0 Å². The third-order valence-corrected chi connectivity index (χ3v) is 3.17. The summed E-state index contributed by atoms with van der Waals surface area (Å²) in [6.07, 6.45) is 0.871. The Labute approximate surface area is 125 Å². The van der Waals surface area contributed by atoms with Gasteiger partial charge in [-0.1, -0.05) is 26.0 Å². The summed E-state index contributed by atoms with van der Waals surface area (Å²) >= 11 is 0. The molecule has 21 heavy (non-hydrogen) atoms. The fraction of sp³-hybridized carbons (Fsp3) is 0.375. The summed E-state index contributed by atoms with van der Waals surface area (Å²) < 4.78 is 0. The second-order valence-corrected chi connectivity index (χ2v) is 5.24. The van der Waals surface area contributed by atoms with Gasteiger partial charge in [0.25, 0.3) is 0 Å². The van der Waals surface area contributed by atoms with Crippen LogP contribution < -0.4 is 10.6 Å². The lowest BCUT2D eigenvalue weighted by molar-refractivity contribution is 0.475. The largest absolute Gasteiger partial charge is 0.508 e. The number of phenols is 1. The lowest BCUT2D eigenvalue weighted by Crippen LogP contribution is -2.10. The van der Waals surface area contributed by atoms with Gasteiger partial charge in [-0.2, -0.15) is 0 Å². The Kier molecular flexibility index (Phi) is 4.98. The Bertz CT molecular complexity index is 581. The molecule has 5 heteroatoms. The van der Waals surface area contributed by atoms with E-state index in [4.69, 9.17) is 0 Å². The van der Waals surface area contributed by atoms with Crippen molar-refractivity contribution in [2.75, 3.05) is 24.2 Å². The van der Waals surface area contributed by atoms with Gasteiger partial charge in [0.05, 0.1) is 0 Å². The summed E-state index contributed by atoms with van der Waals surface area (Å²) in [5, 5.41) is 15.6. The summed E-state index contributed by atoms with van der Waals surface area (Å²) in [4.78, 5) is 8.96. The number of benzene rings is 1. The maximum Gasteiger partial charge on any atom is 0.135 e. The van der Waals surface area contributed by atoms with E-state index in [1.165, 1.54) is 5.56 Å². The molecule has 0 atom stereocenters. The second kappa shape index (κ2) is 6.92. The van der Waals surface area contributed by atoms with Crippen LogP contribution in [0.3, 0.4) is 0 Å². The first-order valence-corrected chi connectivity index (χ1v) is 7.17. The highest BCUT2D eigenvalue weighted by molar-refractivity contribution is 5.47. The summed E-state index contributed by atoms with van der Waals surface area (Å²) in [5.41, 5.74) is 1.17. The van der Waals surface area contributed by atoms with E-state index < -0.39 is 0 Å². The third-order valence-electron chi connectivity index (χ3n) is 3.17. The van der Waals surface area contributed by atoms with Crippen LogP contribution in [0.1, 0.15) is 31.2 Å². The van der Waals surface area contributed by atoms with Gasteiger partial charge in [0.1, 0.15) is 23.2 Å². The lowest BCUT2D eigenvalue weighted by atomic mass is 10.1. The zero-order valence-electron chi connectivity index (χ0n) is 12.7. The smallest absolute Gasteiger partial charge is 0.135 e. The number of hydrogen-bond acceptors (Lipinski definition) is 5. The van der Waals surface area contributed by atoms with Crippen molar-refractivity contribution in [3.63, 3.8) is 0 Å². The van der Waals surface area contributed by atoms with E-state index in [1.54, 1.807) is 12.1 Å². The van der Waals surface area contributed by atoms with Gasteiger partial charge >= 0.3 is 0 Å². The Balaban J connectivity index is 1.99. The van der Waals surface area contributed by atoms with E-state index >= 15 is 0 Å². The van der Waals surface area contributed by atoms with Crippen molar-refractivity contribution in [2.45, 2.75) is 26.2 Å². The molecule has 112 valence electrons. The molecule has 0 amide bonds. The van der Waals surface area contributed by atoms with Crippen molar-refractivity contribution < 1.29 is 5.11 Å².